The van der Waals surface area contributed by atoms with Crippen LogP contribution in [0.1, 0.15) is 18.2 Å². The van der Waals surface area contributed by atoms with E-state index in [4.69, 9.17) is 4.42 Å². The van der Waals surface area contributed by atoms with Crippen molar-refractivity contribution in [2.75, 3.05) is 13.1 Å². The van der Waals surface area contributed by atoms with E-state index in [0.717, 1.165) is 31.9 Å². The van der Waals surface area contributed by atoms with E-state index in [-0.39, 0.29) is 0 Å². The van der Waals surface area contributed by atoms with Crippen molar-refractivity contribution in [1.29, 1.82) is 0 Å². The molecular formula is C16H21N3O. The number of hydrogen-bond acceptors (Lipinski definition) is 4. The standard InChI is InChI=1S/C16H21N3O/c1-13-8-19(9-14-5-3-2-4-6-14)10-16(13)17-7-15-11-20-12-18-15/h2-6,11-13,16-17H,7-10H2,1H3. The van der Waals surface area contributed by atoms with E-state index in [9.17, 15) is 0 Å². The average Bonchev–Trinajstić information content (AvgIpc) is 3.08. The average molecular weight is 271 g/mol. The smallest absolute Gasteiger partial charge is 0.180 e. The van der Waals surface area contributed by atoms with Gasteiger partial charge in [0.1, 0.15) is 6.26 Å². The molecule has 0 spiro atoms. The van der Waals surface area contributed by atoms with Crippen LogP contribution >= 0.6 is 0 Å². The molecular weight excluding hydrogens is 250 g/mol. The summed E-state index contributed by atoms with van der Waals surface area (Å²) in [5.41, 5.74) is 2.36. The summed E-state index contributed by atoms with van der Waals surface area (Å²) in [5, 5.41) is 3.59. The van der Waals surface area contributed by atoms with E-state index in [1.165, 1.54) is 12.0 Å². The third kappa shape index (κ3) is 3.26. The van der Waals surface area contributed by atoms with Crippen LogP contribution in [0.15, 0.2) is 47.4 Å². The Morgan fingerprint density at radius 1 is 1.30 bits per heavy atom. The number of hydrogen-bond donors (Lipinski definition) is 1. The van der Waals surface area contributed by atoms with Gasteiger partial charge in [-0.2, -0.15) is 0 Å². The largest absolute Gasteiger partial charge is 0.451 e. The lowest BCUT2D eigenvalue weighted by Gasteiger charge is -2.16. The van der Waals surface area contributed by atoms with Crippen molar-refractivity contribution in [2.45, 2.75) is 26.1 Å². The van der Waals surface area contributed by atoms with Crippen LogP contribution in [0.2, 0.25) is 0 Å². The first-order valence-corrected chi connectivity index (χ1v) is 7.18. The van der Waals surface area contributed by atoms with E-state index in [0.29, 0.717) is 12.0 Å². The zero-order chi connectivity index (χ0) is 13.8. The quantitative estimate of drug-likeness (QED) is 0.906. The van der Waals surface area contributed by atoms with Crippen LogP contribution in [-0.4, -0.2) is 29.0 Å². The lowest BCUT2D eigenvalue weighted by Crippen LogP contribution is -2.35. The van der Waals surface area contributed by atoms with Crippen LogP contribution in [0, 0.1) is 5.92 Å². The van der Waals surface area contributed by atoms with Gasteiger partial charge in [-0.05, 0) is 11.5 Å². The molecule has 1 N–H and O–H groups in total. The number of nitrogens with zero attached hydrogens (tertiary/aromatic N) is 2. The van der Waals surface area contributed by atoms with Gasteiger partial charge in [0.2, 0.25) is 0 Å². The molecule has 0 bridgehead atoms. The maximum absolute atomic E-state index is 5.00. The Hall–Kier alpha value is -1.65. The molecule has 2 aromatic rings. The molecule has 0 saturated carbocycles. The molecule has 1 aromatic heterocycles. The van der Waals surface area contributed by atoms with Crippen molar-refractivity contribution < 1.29 is 4.42 Å². The fraction of sp³-hybridized carbons (Fsp3) is 0.438. The highest BCUT2D eigenvalue weighted by Gasteiger charge is 2.29. The molecule has 1 aliphatic rings. The van der Waals surface area contributed by atoms with Crippen molar-refractivity contribution in [2.24, 2.45) is 5.92 Å². The summed E-state index contributed by atoms with van der Waals surface area (Å²) in [5.74, 6) is 0.658. The van der Waals surface area contributed by atoms with Crippen LogP contribution in [0.25, 0.3) is 0 Å². The third-order valence-electron chi connectivity index (χ3n) is 3.97. The van der Waals surface area contributed by atoms with Gasteiger partial charge in [-0.3, -0.25) is 4.90 Å². The molecule has 4 heteroatoms. The molecule has 1 fully saturated rings. The Morgan fingerprint density at radius 2 is 2.15 bits per heavy atom. The Balaban J connectivity index is 1.51. The first-order chi connectivity index (χ1) is 9.81. The van der Waals surface area contributed by atoms with Crippen molar-refractivity contribution in [1.82, 2.24) is 15.2 Å². The summed E-state index contributed by atoms with van der Waals surface area (Å²) in [4.78, 5) is 6.66. The maximum atomic E-state index is 5.00. The lowest BCUT2D eigenvalue weighted by molar-refractivity contribution is 0.316. The summed E-state index contributed by atoms with van der Waals surface area (Å²) in [6, 6.07) is 11.2. The second kappa shape index (κ2) is 6.20. The van der Waals surface area contributed by atoms with Gasteiger partial charge in [-0.25, -0.2) is 4.98 Å². The van der Waals surface area contributed by atoms with Crippen molar-refractivity contribution in [3.63, 3.8) is 0 Å². The molecule has 4 nitrogen and oxygen atoms in total. The molecule has 106 valence electrons. The highest BCUT2D eigenvalue weighted by molar-refractivity contribution is 5.14. The summed E-state index contributed by atoms with van der Waals surface area (Å²) >= 11 is 0. The Labute approximate surface area is 119 Å². The predicted octanol–water partition coefficient (Wildman–Crippen LogP) is 2.28. The highest BCUT2D eigenvalue weighted by atomic mass is 16.3. The monoisotopic (exact) mass is 271 g/mol. The number of benzene rings is 1. The van der Waals surface area contributed by atoms with Gasteiger partial charge in [0.05, 0.1) is 5.69 Å². The Bertz CT molecular complexity index is 512. The van der Waals surface area contributed by atoms with Gasteiger partial charge in [0.15, 0.2) is 6.39 Å². The zero-order valence-corrected chi connectivity index (χ0v) is 11.8. The first-order valence-electron chi connectivity index (χ1n) is 7.18. The number of rotatable bonds is 5. The van der Waals surface area contributed by atoms with E-state index in [1.54, 1.807) is 6.26 Å². The Morgan fingerprint density at radius 3 is 2.90 bits per heavy atom. The van der Waals surface area contributed by atoms with Gasteiger partial charge >= 0.3 is 0 Å². The summed E-state index contributed by atoms with van der Waals surface area (Å²) in [6.07, 6.45) is 3.19. The maximum Gasteiger partial charge on any atom is 0.180 e. The Kier molecular flexibility index (Phi) is 4.14. The van der Waals surface area contributed by atoms with Gasteiger partial charge in [0.25, 0.3) is 0 Å². The van der Waals surface area contributed by atoms with E-state index in [1.807, 2.05) is 0 Å². The number of aromatic nitrogens is 1. The predicted molar refractivity (Wildman–Crippen MR) is 78.0 cm³/mol. The SMILES string of the molecule is CC1CN(Cc2ccccc2)CC1NCc1cocn1. The minimum absolute atomic E-state index is 0.524. The molecule has 1 aromatic carbocycles. The molecule has 20 heavy (non-hydrogen) atoms. The lowest BCUT2D eigenvalue weighted by atomic mass is 10.1. The van der Waals surface area contributed by atoms with Gasteiger partial charge in [-0.1, -0.05) is 37.3 Å². The molecule has 3 rings (SSSR count). The van der Waals surface area contributed by atoms with Crippen LogP contribution in [-0.2, 0) is 13.1 Å². The van der Waals surface area contributed by atoms with Crippen LogP contribution in [0.5, 0.6) is 0 Å². The van der Waals surface area contributed by atoms with Gasteiger partial charge < -0.3 is 9.73 Å². The van der Waals surface area contributed by atoms with Crippen molar-refractivity contribution in [3.8, 4) is 0 Å². The number of oxazole rings is 1. The normalized spacial score (nSPS) is 23.2. The fourth-order valence-corrected chi connectivity index (χ4v) is 2.86. The van der Waals surface area contributed by atoms with Gasteiger partial charge in [-0.15, -0.1) is 0 Å². The number of likely N-dealkylation sites (tertiary alicyclic amines) is 1. The first kappa shape index (κ1) is 13.3. The summed E-state index contributed by atoms with van der Waals surface area (Å²) < 4.78 is 5.00. The molecule has 0 amide bonds. The molecule has 2 unspecified atom stereocenters. The van der Waals surface area contributed by atoms with Crippen LogP contribution in [0.4, 0.5) is 0 Å². The molecule has 1 aliphatic heterocycles. The fourth-order valence-electron chi connectivity index (χ4n) is 2.86. The second-order valence-corrected chi connectivity index (χ2v) is 5.62. The van der Waals surface area contributed by atoms with Gasteiger partial charge in [0, 0.05) is 32.2 Å². The highest BCUT2D eigenvalue weighted by Crippen LogP contribution is 2.19. The van der Waals surface area contributed by atoms with Crippen LogP contribution < -0.4 is 5.32 Å². The zero-order valence-electron chi connectivity index (χ0n) is 11.8. The topological polar surface area (TPSA) is 41.3 Å². The minimum Gasteiger partial charge on any atom is -0.451 e. The molecule has 0 radical (unpaired) electrons. The van der Waals surface area contributed by atoms with E-state index >= 15 is 0 Å². The number of nitrogens with one attached hydrogen (secondary N) is 1. The minimum atomic E-state index is 0.524. The molecule has 0 aliphatic carbocycles. The van der Waals surface area contributed by atoms with Crippen molar-refractivity contribution in [3.05, 3.63) is 54.2 Å². The van der Waals surface area contributed by atoms with Crippen molar-refractivity contribution >= 4 is 0 Å². The van der Waals surface area contributed by atoms with E-state index < -0.39 is 0 Å². The third-order valence-corrected chi connectivity index (χ3v) is 3.97. The molecule has 1 saturated heterocycles. The second-order valence-electron chi connectivity index (χ2n) is 5.62. The summed E-state index contributed by atoms with van der Waals surface area (Å²) in [7, 11) is 0. The van der Waals surface area contributed by atoms with E-state index in [2.05, 4.69) is 52.5 Å². The molecule has 2 heterocycles. The van der Waals surface area contributed by atoms with Crippen LogP contribution in [0.3, 0.4) is 0 Å². The molecule has 2 atom stereocenters. The summed E-state index contributed by atoms with van der Waals surface area (Å²) in [6.45, 7) is 6.36.